The van der Waals surface area contributed by atoms with Gasteiger partial charge in [-0.15, -0.1) is 0 Å². The van der Waals surface area contributed by atoms with Gasteiger partial charge in [-0.25, -0.2) is 4.79 Å². The lowest BCUT2D eigenvalue weighted by Gasteiger charge is -2.25. The van der Waals surface area contributed by atoms with Crippen LogP contribution in [0, 0.1) is 11.8 Å². The van der Waals surface area contributed by atoms with Crippen LogP contribution in [0.15, 0.2) is 0 Å². The van der Waals surface area contributed by atoms with Crippen LogP contribution >= 0.6 is 0 Å². The Labute approximate surface area is 110 Å². The Morgan fingerprint density at radius 2 is 1.94 bits per heavy atom. The molecule has 106 valence electrons. The van der Waals surface area contributed by atoms with Crippen molar-refractivity contribution >= 4 is 6.09 Å². The number of carbonyl (C=O) groups excluding carboxylic acids is 1. The van der Waals surface area contributed by atoms with Gasteiger partial charge in [0.2, 0.25) is 0 Å². The van der Waals surface area contributed by atoms with Gasteiger partial charge < -0.3 is 14.7 Å². The van der Waals surface area contributed by atoms with E-state index in [1.54, 1.807) is 0 Å². The Morgan fingerprint density at radius 3 is 2.56 bits per heavy atom. The van der Waals surface area contributed by atoms with Crippen molar-refractivity contribution in [2.24, 2.45) is 11.8 Å². The molecular formula is C14H27NO3. The molecule has 4 nitrogen and oxygen atoms in total. The Morgan fingerprint density at radius 1 is 1.28 bits per heavy atom. The summed E-state index contributed by atoms with van der Waals surface area (Å²) in [6.07, 6.45) is 5.65. The van der Waals surface area contributed by atoms with Crippen LogP contribution in [0.1, 0.15) is 46.0 Å². The van der Waals surface area contributed by atoms with Crippen molar-refractivity contribution in [2.75, 3.05) is 20.3 Å². The molecule has 1 saturated heterocycles. The van der Waals surface area contributed by atoms with Crippen molar-refractivity contribution in [2.45, 2.75) is 52.0 Å². The highest BCUT2D eigenvalue weighted by Gasteiger charge is 2.43. The Hall–Kier alpha value is -0.770. The highest BCUT2D eigenvalue weighted by Crippen LogP contribution is 2.38. The molecule has 0 bridgehead atoms. The summed E-state index contributed by atoms with van der Waals surface area (Å²) in [6.45, 7) is 4.85. The predicted molar refractivity (Wildman–Crippen MR) is 71.4 cm³/mol. The Balaban J connectivity index is 0.000000771. The average molecular weight is 257 g/mol. The summed E-state index contributed by atoms with van der Waals surface area (Å²) in [6, 6.07) is 0.298. The fraction of sp³-hybridized carbons (Fsp3) is 0.929. The van der Waals surface area contributed by atoms with Crippen molar-refractivity contribution in [3.63, 3.8) is 0 Å². The van der Waals surface area contributed by atoms with E-state index in [9.17, 15) is 9.90 Å². The molecule has 0 spiro atoms. The Bertz CT molecular complexity index is 257. The molecule has 0 aromatic carbocycles. The number of nitrogens with zero attached hydrogens (tertiary/aromatic N) is 1. The molecule has 1 aliphatic heterocycles. The summed E-state index contributed by atoms with van der Waals surface area (Å²) >= 11 is 0. The second-order valence-electron chi connectivity index (χ2n) is 4.93. The van der Waals surface area contributed by atoms with Crippen molar-refractivity contribution in [3.8, 4) is 0 Å². The number of rotatable bonds is 1. The average Bonchev–Trinajstić information content (AvgIpc) is 2.61. The maximum absolute atomic E-state index is 11.7. The second kappa shape index (κ2) is 7.62. The third-order valence-electron chi connectivity index (χ3n) is 4.11. The van der Waals surface area contributed by atoms with Gasteiger partial charge in [-0.3, -0.25) is 0 Å². The minimum atomic E-state index is -0.229. The van der Waals surface area contributed by atoms with Crippen molar-refractivity contribution < 1.29 is 14.6 Å². The standard InChI is InChI=1S/C12H21NO3.C2H6/c1-16-12(15)13-7-9(8-14)10-5-3-2-4-6-11(10)13;1-2/h9-11,14H,2-8H2,1H3;1-2H3/t9?,10-,11+;/m0./s1. The minimum Gasteiger partial charge on any atom is -0.453 e. The van der Waals surface area contributed by atoms with Crippen molar-refractivity contribution in [1.29, 1.82) is 0 Å². The normalized spacial score (nSPS) is 30.9. The molecule has 1 unspecified atom stereocenters. The summed E-state index contributed by atoms with van der Waals surface area (Å²) in [5, 5.41) is 9.39. The fourth-order valence-electron chi connectivity index (χ4n) is 3.30. The molecule has 0 aromatic heterocycles. The lowest BCUT2D eigenvalue weighted by molar-refractivity contribution is 0.112. The molecule has 0 aromatic rings. The van der Waals surface area contributed by atoms with Crippen LogP contribution < -0.4 is 0 Å². The molecule has 3 atom stereocenters. The maximum Gasteiger partial charge on any atom is 0.409 e. The molecule has 0 radical (unpaired) electrons. The van der Waals surface area contributed by atoms with Crippen molar-refractivity contribution in [3.05, 3.63) is 0 Å². The zero-order valence-electron chi connectivity index (χ0n) is 11.9. The number of methoxy groups -OCH3 is 1. The fourth-order valence-corrected chi connectivity index (χ4v) is 3.30. The van der Waals surface area contributed by atoms with E-state index in [4.69, 9.17) is 4.74 Å². The molecule has 18 heavy (non-hydrogen) atoms. The van der Waals surface area contributed by atoms with Crippen molar-refractivity contribution in [1.82, 2.24) is 4.90 Å². The van der Waals surface area contributed by atoms with Gasteiger partial charge in [0.05, 0.1) is 7.11 Å². The molecule has 2 fully saturated rings. The van der Waals surface area contributed by atoms with Gasteiger partial charge in [-0.05, 0) is 18.8 Å². The number of amides is 1. The number of aliphatic hydroxyl groups is 1. The van der Waals surface area contributed by atoms with E-state index in [-0.39, 0.29) is 18.6 Å². The smallest absolute Gasteiger partial charge is 0.409 e. The van der Waals surface area contributed by atoms with Gasteiger partial charge in [0.25, 0.3) is 0 Å². The lowest BCUT2D eigenvalue weighted by Crippen LogP contribution is -2.37. The number of hydrogen-bond donors (Lipinski definition) is 1. The van der Waals surface area contributed by atoms with Crippen LogP contribution in [0.2, 0.25) is 0 Å². The molecule has 1 amide bonds. The highest BCUT2D eigenvalue weighted by atomic mass is 16.5. The monoisotopic (exact) mass is 257 g/mol. The summed E-state index contributed by atoms with van der Waals surface area (Å²) in [7, 11) is 1.43. The number of aliphatic hydroxyl groups excluding tert-OH is 1. The molecule has 2 aliphatic rings. The number of hydrogen-bond acceptors (Lipinski definition) is 3. The lowest BCUT2D eigenvalue weighted by atomic mass is 9.87. The van der Waals surface area contributed by atoms with E-state index >= 15 is 0 Å². The van der Waals surface area contributed by atoms with Crippen LogP contribution in [-0.4, -0.2) is 42.4 Å². The minimum absolute atomic E-state index is 0.189. The van der Waals surface area contributed by atoms with Gasteiger partial charge in [-0.1, -0.05) is 33.1 Å². The molecular weight excluding hydrogens is 230 g/mol. The second-order valence-corrected chi connectivity index (χ2v) is 4.93. The SMILES string of the molecule is CC.COC(=O)N1CC(CO)[C@@H]2CCCCC[C@H]21. The van der Waals surface area contributed by atoms with Gasteiger partial charge in [0, 0.05) is 25.1 Å². The first kappa shape index (κ1) is 15.3. The Kier molecular flexibility index (Phi) is 6.47. The first-order chi connectivity index (χ1) is 8.77. The molecule has 4 heteroatoms. The van der Waals surface area contributed by atoms with E-state index in [1.165, 1.54) is 26.4 Å². The van der Waals surface area contributed by atoms with E-state index in [1.807, 2.05) is 18.7 Å². The van der Waals surface area contributed by atoms with Crippen LogP contribution in [-0.2, 0) is 4.74 Å². The van der Waals surface area contributed by atoms with E-state index < -0.39 is 0 Å². The van der Waals surface area contributed by atoms with E-state index in [2.05, 4.69) is 0 Å². The van der Waals surface area contributed by atoms with E-state index in [0.717, 1.165) is 12.8 Å². The number of likely N-dealkylation sites (tertiary alicyclic amines) is 1. The molecule has 1 heterocycles. The zero-order chi connectivity index (χ0) is 13.5. The van der Waals surface area contributed by atoms with Gasteiger partial charge in [0.15, 0.2) is 0 Å². The molecule has 2 rings (SSSR count). The maximum atomic E-state index is 11.7. The summed E-state index contributed by atoms with van der Waals surface area (Å²) in [5.74, 6) is 0.730. The predicted octanol–water partition coefficient (Wildman–Crippen LogP) is 2.65. The molecule has 1 N–H and O–H groups in total. The van der Waals surface area contributed by atoms with E-state index in [0.29, 0.717) is 18.5 Å². The third-order valence-corrected chi connectivity index (χ3v) is 4.11. The van der Waals surface area contributed by atoms with Crippen LogP contribution in [0.3, 0.4) is 0 Å². The van der Waals surface area contributed by atoms with Gasteiger partial charge >= 0.3 is 6.09 Å². The number of carbonyl (C=O) groups is 1. The van der Waals surface area contributed by atoms with Crippen LogP contribution in [0.4, 0.5) is 4.79 Å². The highest BCUT2D eigenvalue weighted by molar-refractivity contribution is 5.68. The van der Waals surface area contributed by atoms with Gasteiger partial charge in [-0.2, -0.15) is 0 Å². The largest absolute Gasteiger partial charge is 0.453 e. The number of fused-ring (bicyclic) bond motifs is 1. The quantitative estimate of drug-likeness (QED) is 0.785. The summed E-state index contributed by atoms with van der Waals surface area (Å²) in [4.78, 5) is 13.5. The number of ether oxygens (including phenoxy) is 1. The van der Waals surface area contributed by atoms with Crippen LogP contribution in [0.25, 0.3) is 0 Å². The zero-order valence-corrected chi connectivity index (χ0v) is 11.9. The van der Waals surface area contributed by atoms with Crippen LogP contribution in [0.5, 0.6) is 0 Å². The van der Waals surface area contributed by atoms with Gasteiger partial charge in [0.1, 0.15) is 0 Å². The topological polar surface area (TPSA) is 49.8 Å². The molecule has 1 aliphatic carbocycles. The molecule has 1 saturated carbocycles. The third kappa shape index (κ3) is 3.16. The first-order valence-corrected chi connectivity index (χ1v) is 7.23. The first-order valence-electron chi connectivity index (χ1n) is 7.23. The summed E-state index contributed by atoms with van der Waals surface area (Å²) < 4.78 is 4.82. The summed E-state index contributed by atoms with van der Waals surface area (Å²) in [5.41, 5.74) is 0.